The molecule has 7 nitrogen and oxygen atoms in total. The highest BCUT2D eigenvalue weighted by atomic mass is 79.9. The monoisotopic (exact) mass is 591 g/mol. The number of carbonyl (C=O) groups is 2. The van der Waals surface area contributed by atoms with Crippen LogP contribution in [0.3, 0.4) is 0 Å². The Bertz CT molecular complexity index is 1300. The average Bonchev–Trinajstić information content (AvgIpc) is 2.85. The fraction of sp³-hybridized carbons (Fsp3) is 0.231. The van der Waals surface area contributed by atoms with Gasteiger partial charge in [-0.3, -0.25) is 13.9 Å². The van der Waals surface area contributed by atoms with E-state index in [0.29, 0.717) is 15.2 Å². The molecule has 0 radical (unpaired) electrons. The van der Waals surface area contributed by atoms with Crippen molar-refractivity contribution in [3.8, 4) is 0 Å². The Labute approximate surface area is 225 Å². The predicted octanol–water partition coefficient (Wildman–Crippen LogP) is 4.25. The number of anilines is 1. The zero-order valence-corrected chi connectivity index (χ0v) is 23.1. The number of likely N-dealkylation sites (N-methyl/N-ethyl adjacent to an activating group) is 1. The molecule has 0 aliphatic rings. The van der Waals surface area contributed by atoms with E-state index in [1.165, 1.54) is 11.9 Å². The van der Waals surface area contributed by atoms with Crippen LogP contribution in [-0.4, -0.2) is 51.0 Å². The summed E-state index contributed by atoms with van der Waals surface area (Å²) in [5.74, 6) is -0.872. The Morgan fingerprint density at radius 1 is 0.944 bits per heavy atom. The van der Waals surface area contributed by atoms with Crippen molar-refractivity contribution in [3.05, 3.63) is 99.5 Å². The number of rotatable bonds is 10. The van der Waals surface area contributed by atoms with E-state index >= 15 is 0 Å². The lowest BCUT2D eigenvalue weighted by atomic mass is 10.0. The second-order valence-electron chi connectivity index (χ2n) is 8.19. The molecule has 0 fully saturated rings. The van der Waals surface area contributed by atoms with Crippen molar-refractivity contribution in [2.45, 2.75) is 19.0 Å². The highest BCUT2D eigenvalue weighted by Crippen LogP contribution is 2.28. The lowest BCUT2D eigenvalue weighted by molar-refractivity contribution is -0.139. The third kappa shape index (κ3) is 7.32. The van der Waals surface area contributed by atoms with E-state index in [-0.39, 0.29) is 18.9 Å². The van der Waals surface area contributed by atoms with Gasteiger partial charge in [-0.05, 0) is 51.3 Å². The average molecular weight is 593 g/mol. The van der Waals surface area contributed by atoms with Crippen LogP contribution >= 0.6 is 27.5 Å². The van der Waals surface area contributed by atoms with Crippen LogP contribution in [0.2, 0.25) is 5.02 Å². The lowest BCUT2D eigenvalue weighted by Crippen LogP contribution is -2.52. The minimum absolute atomic E-state index is 0.0917. The number of amides is 2. The van der Waals surface area contributed by atoms with Crippen LogP contribution < -0.4 is 9.62 Å². The summed E-state index contributed by atoms with van der Waals surface area (Å²) in [6, 6.07) is 22.2. The van der Waals surface area contributed by atoms with E-state index < -0.39 is 28.5 Å². The summed E-state index contributed by atoms with van der Waals surface area (Å²) < 4.78 is 27.0. The van der Waals surface area contributed by atoms with Crippen molar-refractivity contribution in [2.24, 2.45) is 0 Å². The first-order valence-electron chi connectivity index (χ1n) is 11.1. The quantitative estimate of drug-likeness (QED) is 0.381. The number of carbonyl (C=O) groups excluding carboxylic acids is 2. The number of nitrogens with zero attached hydrogens (tertiary/aromatic N) is 2. The van der Waals surface area contributed by atoms with Gasteiger partial charge in [-0.25, -0.2) is 8.42 Å². The molecule has 0 aliphatic heterocycles. The largest absolute Gasteiger partial charge is 0.357 e. The normalized spacial score (nSPS) is 12.0. The summed E-state index contributed by atoms with van der Waals surface area (Å²) in [4.78, 5) is 28.3. The molecule has 1 atom stereocenters. The number of para-hydroxylation sites is 1. The van der Waals surface area contributed by atoms with E-state index in [9.17, 15) is 18.0 Å². The summed E-state index contributed by atoms with van der Waals surface area (Å²) in [5.41, 5.74) is 1.95. The molecular formula is C26H27BrClN3O4S. The summed E-state index contributed by atoms with van der Waals surface area (Å²) in [7, 11) is -2.31. The van der Waals surface area contributed by atoms with E-state index in [1.807, 2.05) is 30.3 Å². The number of halogens is 2. The first-order chi connectivity index (χ1) is 17.1. The SMILES string of the molecule is CNC(=O)[C@H](Cc1ccccc1)N(Cc1ccc(Cl)cc1)C(=O)CN(c1ccccc1Br)S(C)(=O)=O. The highest BCUT2D eigenvalue weighted by Gasteiger charge is 2.33. The van der Waals surface area contributed by atoms with Gasteiger partial charge in [0.2, 0.25) is 21.8 Å². The molecule has 3 aromatic carbocycles. The van der Waals surface area contributed by atoms with Crippen molar-refractivity contribution in [1.82, 2.24) is 10.2 Å². The van der Waals surface area contributed by atoms with Gasteiger partial charge in [0.25, 0.3) is 0 Å². The van der Waals surface area contributed by atoms with E-state index in [1.54, 1.807) is 48.5 Å². The maximum Gasteiger partial charge on any atom is 0.244 e. The van der Waals surface area contributed by atoms with Crippen LogP contribution in [-0.2, 0) is 32.6 Å². The van der Waals surface area contributed by atoms with Crippen LogP contribution in [0.4, 0.5) is 5.69 Å². The minimum atomic E-state index is -3.82. The number of hydrogen-bond donors (Lipinski definition) is 1. The summed E-state index contributed by atoms with van der Waals surface area (Å²) in [5, 5.41) is 3.19. The first-order valence-corrected chi connectivity index (χ1v) is 14.1. The van der Waals surface area contributed by atoms with Crippen LogP contribution in [0.5, 0.6) is 0 Å². The smallest absolute Gasteiger partial charge is 0.244 e. The molecule has 0 unspecified atom stereocenters. The van der Waals surface area contributed by atoms with Crippen molar-refractivity contribution in [2.75, 3.05) is 24.2 Å². The third-order valence-electron chi connectivity index (χ3n) is 5.58. The van der Waals surface area contributed by atoms with E-state index in [4.69, 9.17) is 11.6 Å². The van der Waals surface area contributed by atoms with Gasteiger partial charge in [0.15, 0.2) is 0 Å². The maximum atomic E-state index is 13.8. The number of benzene rings is 3. The molecule has 0 aliphatic carbocycles. The second-order valence-corrected chi connectivity index (χ2v) is 11.4. The molecule has 2 amide bonds. The molecule has 0 aromatic heterocycles. The van der Waals surface area contributed by atoms with Crippen LogP contribution in [0.25, 0.3) is 0 Å². The van der Waals surface area contributed by atoms with Gasteiger partial charge >= 0.3 is 0 Å². The molecule has 3 rings (SSSR count). The first kappa shape index (κ1) is 27.7. The van der Waals surface area contributed by atoms with Crippen LogP contribution in [0.15, 0.2) is 83.3 Å². The molecule has 10 heteroatoms. The number of nitrogens with one attached hydrogen (secondary N) is 1. The van der Waals surface area contributed by atoms with Crippen molar-refractivity contribution in [3.63, 3.8) is 0 Å². The Hall–Kier alpha value is -2.88. The molecular weight excluding hydrogens is 566 g/mol. The molecule has 0 saturated heterocycles. The highest BCUT2D eigenvalue weighted by molar-refractivity contribution is 9.10. The summed E-state index contributed by atoms with van der Waals surface area (Å²) in [6.07, 6.45) is 1.30. The topological polar surface area (TPSA) is 86.8 Å². The number of sulfonamides is 1. The molecule has 1 N–H and O–H groups in total. The molecule has 0 heterocycles. The van der Waals surface area contributed by atoms with Crippen molar-refractivity contribution >= 4 is 55.1 Å². The Kier molecular flexibility index (Phi) is 9.53. The van der Waals surface area contributed by atoms with E-state index in [0.717, 1.165) is 21.7 Å². The van der Waals surface area contributed by atoms with Gasteiger partial charge < -0.3 is 10.2 Å². The fourth-order valence-electron chi connectivity index (χ4n) is 3.76. The zero-order valence-electron chi connectivity index (χ0n) is 19.9. The van der Waals surface area contributed by atoms with Gasteiger partial charge in [0, 0.05) is 29.5 Å². The molecule has 190 valence electrons. The van der Waals surface area contributed by atoms with Crippen molar-refractivity contribution in [1.29, 1.82) is 0 Å². The fourth-order valence-corrected chi connectivity index (χ4v) is 5.36. The standard InChI is InChI=1S/C26H27BrClN3O4S/c1-29-26(33)24(16-19-8-4-3-5-9-19)30(17-20-12-14-21(28)15-13-20)25(32)18-31(36(2,34)35)23-11-7-6-10-22(23)27/h3-15,24H,16-18H2,1-2H3,(H,29,33)/t24-/m0/s1. The van der Waals surface area contributed by atoms with E-state index in [2.05, 4.69) is 21.2 Å². The van der Waals surface area contributed by atoms with Gasteiger partial charge in [0.1, 0.15) is 12.6 Å². The Balaban J connectivity index is 2.03. The summed E-state index contributed by atoms with van der Waals surface area (Å²) >= 11 is 9.41. The van der Waals surface area contributed by atoms with Gasteiger partial charge in [0.05, 0.1) is 11.9 Å². The van der Waals surface area contributed by atoms with Crippen molar-refractivity contribution < 1.29 is 18.0 Å². The molecule has 0 saturated carbocycles. The third-order valence-corrected chi connectivity index (χ3v) is 7.63. The Morgan fingerprint density at radius 2 is 1.56 bits per heavy atom. The predicted molar refractivity (Wildman–Crippen MR) is 146 cm³/mol. The molecule has 36 heavy (non-hydrogen) atoms. The zero-order chi connectivity index (χ0) is 26.3. The van der Waals surface area contributed by atoms with Crippen LogP contribution in [0.1, 0.15) is 11.1 Å². The van der Waals surface area contributed by atoms with Gasteiger partial charge in [-0.2, -0.15) is 0 Å². The number of hydrogen-bond acceptors (Lipinski definition) is 4. The lowest BCUT2D eigenvalue weighted by Gasteiger charge is -2.33. The van der Waals surface area contributed by atoms with Gasteiger partial charge in [-0.15, -0.1) is 0 Å². The molecule has 0 bridgehead atoms. The van der Waals surface area contributed by atoms with Crippen LogP contribution in [0, 0.1) is 0 Å². The minimum Gasteiger partial charge on any atom is -0.357 e. The summed E-state index contributed by atoms with van der Waals surface area (Å²) in [6.45, 7) is -0.383. The molecule has 0 spiro atoms. The maximum absolute atomic E-state index is 13.8. The second kappa shape index (κ2) is 12.4. The Morgan fingerprint density at radius 3 is 2.14 bits per heavy atom. The van der Waals surface area contributed by atoms with Gasteiger partial charge in [-0.1, -0.05) is 66.2 Å². The molecule has 3 aromatic rings.